The molecule has 0 aliphatic heterocycles. The number of carbonyl (C=O) groups is 1. The van der Waals surface area contributed by atoms with E-state index < -0.39 is 16.0 Å². The number of esters is 1. The summed E-state index contributed by atoms with van der Waals surface area (Å²) in [5.74, 6) is -0.794. The van der Waals surface area contributed by atoms with Gasteiger partial charge in [0.15, 0.2) is 5.71 Å². The Morgan fingerprint density at radius 2 is 1.70 bits per heavy atom. The van der Waals surface area contributed by atoms with Crippen molar-refractivity contribution in [3.63, 3.8) is 0 Å². The molecule has 0 aromatic heterocycles. The van der Waals surface area contributed by atoms with Gasteiger partial charge >= 0.3 is 5.97 Å². The molecular weight excluding hydrogens is 362 g/mol. The molecular formula is C21H21NO4S. The molecule has 0 atom stereocenters. The van der Waals surface area contributed by atoms with E-state index in [0.717, 1.165) is 11.1 Å². The van der Waals surface area contributed by atoms with Crippen molar-refractivity contribution in [3.05, 3.63) is 84.0 Å². The van der Waals surface area contributed by atoms with Crippen LogP contribution in [0, 0.1) is 6.92 Å². The number of benzene rings is 2. The molecule has 6 heteroatoms. The summed E-state index contributed by atoms with van der Waals surface area (Å²) in [5, 5.41) is 0. The monoisotopic (exact) mass is 383 g/mol. The van der Waals surface area contributed by atoms with Crippen LogP contribution < -0.4 is 0 Å². The molecule has 0 aliphatic rings. The van der Waals surface area contributed by atoms with Crippen molar-refractivity contribution in [2.45, 2.75) is 18.7 Å². The third-order valence-corrected chi connectivity index (χ3v) is 4.78. The summed E-state index contributed by atoms with van der Waals surface area (Å²) in [6.07, 6.45) is 6.40. The lowest BCUT2D eigenvalue weighted by Gasteiger charge is -2.03. The summed E-state index contributed by atoms with van der Waals surface area (Å²) in [5.41, 5.74) is 1.62. The predicted molar refractivity (Wildman–Crippen MR) is 107 cm³/mol. The first kappa shape index (κ1) is 20.3. The van der Waals surface area contributed by atoms with E-state index in [-0.39, 0.29) is 17.2 Å². The quantitative estimate of drug-likeness (QED) is 0.412. The van der Waals surface area contributed by atoms with Crippen LogP contribution in [-0.2, 0) is 19.6 Å². The second kappa shape index (κ2) is 9.64. The Labute approximate surface area is 159 Å². The Hall–Kier alpha value is -2.99. The van der Waals surface area contributed by atoms with Gasteiger partial charge in [0.1, 0.15) is 0 Å². The molecule has 0 heterocycles. The normalized spacial score (nSPS) is 12.6. The summed E-state index contributed by atoms with van der Waals surface area (Å²) >= 11 is 0. The molecule has 0 spiro atoms. The van der Waals surface area contributed by atoms with Crippen LogP contribution in [0.4, 0.5) is 0 Å². The first-order valence-electron chi connectivity index (χ1n) is 8.41. The molecule has 0 radical (unpaired) electrons. The van der Waals surface area contributed by atoms with Crippen molar-refractivity contribution in [2.24, 2.45) is 4.40 Å². The van der Waals surface area contributed by atoms with Crippen LogP contribution in [0.3, 0.4) is 0 Å². The van der Waals surface area contributed by atoms with Gasteiger partial charge in [-0.05, 0) is 37.6 Å². The maximum absolute atomic E-state index is 12.5. The van der Waals surface area contributed by atoms with Gasteiger partial charge < -0.3 is 4.74 Å². The second-order valence-electron chi connectivity index (χ2n) is 5.61. The molecule has 0 amide bonds. The molecule has 5 nitrogen and oxygen atoms in total. The van der Waals surface area contributed by atoms with Gasteiger partial charge in [0.05, 0.1) is 11.5 Å². The molecule has 0 saturated carbocycles. The largest absolute Gasteiger partial charge is 0.461 e. The smallest absolute Gasteiger partial charge is 0.357 e. The third kappa shape index (κ3) is 6.34. The third-order valence-electron chi connectivity index (χ3n) is 3.48. The zero-order valence-corrected chi connectivity index (χ0v) is 16.0. The van der Waals surface area contributed by atoms with Gasteiger partial charge in [0, 0.05) is 0 Å². The summed E-state index contributed by atoms with van der Waals surface area (Å²) in [7, 11) is -4.02. The standard InChI is InChI=1S/C21H21NO4S/c1-3-26-21(23)20(12-8-7-11-18-9-5-4-6-10-18)22-27(24,25)19-15-13-17(2)14-16-19/h4-16H,3H2,1-2H3/b11-7+,12-8+,22-20-. The minimum Gasteiger partial charge on any atom is -0.461 e. The van der Waals surface area contributed by atoms with Crippen LogP contribution in [0.5, 0.6) is 0 Å². The number of allylic oxidation sites excluding steroid dienone is 2. The molecule has 27 heavy (non-hydrogen) atoms. The fraction of sp³-hybridized carbons (Fsp3) is 0.143. The molecule has 0 fully saturated rings. The Morgan fingerprint density at radius 3 is 2.33 bits per heavy atom. The minimum absolute atomic E-state index is 0.0168. The van der Waals surface area contributed by atoms with Gasteiger partial charge in [-0.25, -0.2) is 4.79 Å². The lowest BCUT2D eigenvalue weighted by atomic mass is 10.2. The summed E-state index contributed by atoms with van der Waals surface area (Å²) < 4.78 is 33.5. The summed E-state index contributed by atoms with van der Waals surface area (Å²) in [6, 6.07) is 15.8. The number of nitrogens with zero attached hydrogens (tertiary/aromatic N) is 1. The second-order valence-corrected chi connectivity index (χ2v) is 7.22. The van der Waals surface area contributed by atoms with Crippen LogP contribution in [-0.4, -0.2) is 26.7 Å². The maximum Gasteiger partial charge on any atom is 0.357 e. The van der Waals surface area contributed by atoms with Crippen molar-refractivity contribution < 1.29 is 17.9 Å². The highest BCUT2D eigenvalue weighted by molar-refractivity contribution is 7.90. The summed E-state index contributed by atoms with van der Waals surface area (Å²) in [6.45, 7) is 3.62. The number of ether oxygens (including phenoxy) is 1. The van der Waals surface area contributed by atoms with Crippen molar-refractivity contribution >= 4 is 27.8 Å². The first-order valence-corrected chi connectivity index (χ1v) is 9.85. The number of sulfonamides is 1. The molecule has 2 aromatic carbocycles. The predicted octanol–water partition coefficient (Wildman–Crippen LogP) is 3.96. The molecule has 0 N–H and O–H groups in total. The molecule has 140 valence electrons. The Morgan fingerprint density at radius 1 is 1.04 bits per heavy atom. The van der Waals surface area contributed by atoms with Crippen molar-refractivity contribution in [1.82, 2.24) is 0 Å². The van der Waals surface area contributed by atoms with E-state index >= 15 is 0 Å². The van der Waals surface area contributed by atoms with Crippen LogP contribution >= 0.6 is 0 Å². The molecule has 0 unspecified atom stereocenters. The molecule has 2 aromatic rings. The van der Waals surface area contributed by atoms with Crippen LogP contribution in [0.2, 0.25) is 0 Å². The zero-order valence-electron chi connectivity index (χ0n) is 15.2. The number of hydrogen-bond donors (Lipinski definition) is 0. The van der Waals surface area contributed by atoms with E-state index in [9.17, 15) is 13.2 Å². The van der Waals surface area contributed by atoms with Gasteiger partial charge in [-0.1, -0.05) is 66.3 Å². The Bertz CT molecular complexity index is 957. The van der Waals surface area contributed by atoms with Gasteiger partial charge in [-0.3, -0.25) is 0 Å². The Balaban J connectivity index is 2.29. The SMILES string of the molecule is CCOC(=O)C(/C=C/C=C/c1ccccc1)=N\S(=O)(=O)c1ccc(C)cc1. The number of carbonyl (C=O) groups excluding carboxylic acids is 1. The van der Waals surface area contributed by atoms with E-state index in [4.69, 9.17) is 4.74 Å². The molecule has 2 rings (SSSR count). The van der Waals surface area contributed by atoms with E-state index in [2.05, 4.69) is 4.40 Å². The van der Waals surface area contributed by atoms with E-state index in [1.807, 2.05) is 43.3 Å². The fourth-order valence-electron chi connectivity index (χ4n) is 2.11. The average Bonchev–Trinajstić information content (AvgIpc) is 2.65. The van der Waals surface area contributed by atoms with Gasteiger partial charge in [0.2, 0.25) is 0 Å². The highest BCUT2D eigenvalue weighted by atomic mass is 32.2. The lowest BCUT2D eigenvalue weighted by Crippen LogP contribution is -2.17. The van der Waals surface area contributed by atoms with Crippen LogP contribution in [0.15, 0.2) is 82.1 Å². The van der Waals surface area contributed by atoms with Gasteiger partial charge in [0.25, 0.3) is 10.0 Å². The van der Waals surface area contributed by atoms with E-state index in [1.165, 1.54) is 18.2 Å². The van der Waals surface area contributed by atoms with Crippen molar-refractivity contribution in [2.75, 3.05) is 6.61 Å². The minimum atomic E-state index is -4.02. The summed E-state index contributed by atoms with van der Waals surface area (Å²) in [4.78, 5) is 12.1. The maximum atomic E-state index is 12.5. The van der Waals surface area contributed by atoms with E-state index in [0.29, 0.717) is 0 Å². The zero-order chi connectivity index (χ0) is 19.7. The average molecular weight is 383 g/mol. The number of rotatable bonds is 7. The molecule has 0 saturated heterocycles. The number of aryl methyl sites for hydroxylation is 1. The van der Waals surface area contributed by atoms with Crippen LogP contribution in [0.1, 0.15) is 18.1 Å². The first-order chi connectivity index (χ1) is 12.9. The Kier molecular flexibility index (Phi) is 7.25. The van der Waals surface area contributed by atoms with Crippen molar-refractivity contribution in [1.29, 1.82) is 0 Å². The van der Waals surface area contributed by atoms with Crippen molar-refractivity contribution in [3.8, 4) is 0 Å². The fourth-order valence-corrected chi connectivity index (χ4v) is 3.09. The number of hydrogen-bond acceptors (Lipinski definition) is 4. The van der Waals surface area contributed by atoms with E-state index in [1.54, 1.807) is 31.2 Å². The molecule has 0 bridgehead atoms. The molecule has 0 aliphatic carbocycles. The van der Waals surface area contributed by atoms with Gasteiger partial charge in [-0.15, -0.1) is 0 Å². The highest BCUT2D eigenvalue weighted by Gasteiger charge is 2.18. The lowest BCUT2D eigenvalue weighted by molar-refractivity contribution is -0.134. The van der Waals surface area contributed by atoms with Crippen LogP contribution in [0.25, 0.3) is 6.08 Å². The van der Waals surface area contributed by atoms with Gasteiger partial charge in [-0.2, -0.15) is 12.8 Å². The topological polar surface area (TPSA) is 72.8 Å². The highest BCUT2D eigenvalue weighted by Crippen LogP contribution is 2.14.